The maximum absolute atomic E-state index is 13.3. The van der Waals surface area contributed by atoms with Gasteiger partial charge in [0.05, 0.1) is 12.6 Å². The van der Waals surface area contributed by atoms with Crippen LogP contribution in [0.4, 0.5) is 5.69 Å². The highest BCUT2D eigenvalue weighted by atomic mass is 32.1. The van der Waals surface area contributed by atoms with Gasteiger partial charge in [-0.05, 0) is 49.2 Å². The van der Waals surface area contributed by atoms with Crippen LogP contribution in [0.5, 0.6) is 0 Å². The third-order valence-electron chi connectivity index (χ3n) is 6.66. The zero-order valence-electron chi connectivity index (χ0n) is 22.8. The minimum atomic E-state index is -0.919. The smallest absolute Gasteiger partial charge is 0.287 e. The Morgan fingerprint density at radius 3 is 2.28 bits per heavy atom. The lowest BCUT2D eigenvalue weighted by Crippen LogP contribution is -2.44. The molecule has 3 N–H and O–H groups in total. The van der Waals surface area contributed by atoms with E-state index in [1.54, 1.807) is 30.5 Å². The zero-order valence-corrected chi connectivity index (χ0v) is 23.6. The van der Waals surface area contributed by atoms with Gasteiger partial charge in [0.1, 0.15) is 0 Å². The van der Waals surface area contributed by atoms with Crippen LogP contribution < -0.4 is 21.5 Å². The van der Waals surface area contributed by atoms with Crippen molar-refractivity contribution in [3.63, 3.8) is 0 Å². The molecule has 0 bridgehead atoms. The van der Waals surface area contributed by atoms with Crippen LogP contribution in [0.3, 0.4) is 0 Å². The number of hydrogen-bond acceptors (Lipinski definition) is 6. The van der Waals surface area contributed by atoms with Crippen molar-refractivity contribution in [3.05, 3.63) is 64.6 Å². The molecule has 1 aromatic heterocycles. The average Bonchev–Trinajstić information content (AvgIpc) is 2.93. The summed E-state index contributed by atoms with van der Waals surface area (Å²) >= 11 is 5.36. The maximum Gasteiger partial charge on any atom is 0.287 e. The van der Waals surface area contributed by atoms with Crippen LogP contribution >= 0.6 is 12.2 Å². The number of nitrogens with one attached hydrogen (secondary N) is 3. The number of nitrogens with zero attached hydrogens (tertiary/aromatic N) is 1. The van der Waals surface area contributed by atoms with Gasteiger partial charge in [-0.25, -0.2) is 0 Å². The van der Waals surface area contributed by atoms with Crippen molar-refractivity contribution < 1.29 is 19.2 Å². The molecule has 2 rings (SSSR count). The van der Waals surface area contributed by atoms with Gasteiger partial charge in [0.25, 0.3) is 11.5 Å². The molecule has 2 aromatic rings. The number of ketones is 3. The van der Waals surface area contributed by atoms with Crippen molar-refractivity contribution in [2.45, 2.75) is 71.4 Å². The van der Waals surface area contributed by atoms with Crippen molar-refractivity contribution in [2.75, 3.05) is 12.4 Å². The summed E-state index contributed by atoms with van der Waals surface area (Å²) in [7, 11) is 1.36. The van der Waals surface area contributed by atoms with Crippen molar-refractivity contribution in [1.82, 2.24) is 15.2 Å². The van der Waals surface area contributed by atoms with E-state index in [0.29, 0.717) is 18.0 Å². The summed E-state index contributed by atoms with van der Waals surface area (Å²) in [5, 5.41) is 8.36. The Hall–Kier alpha value is -3.66. The quantitative estimate of drug-likeness (QED) is 0.213. The Labute approximate surface area is 234 Å². The first-order valence-corrected chi connectivity index (χ1v) is 13.7. The van der Waals surface area contributed by atoms with Crippen molar-refractivity contribution in [2.24, 2.45) is 5.92 Å². The first kappa shape index (κ1) is 31.6. The first-order chi connectivity index (χ1) is 18.7. The summed E-state index contributed by atoms with van der Waals surface area (Å²) in [6, 6.07) is 11.4. The number of likely N-dealkylation sites (N-methyl/N-ethyl adjacent to an activating group) is 1. The largest absolute Gasteiger partial charge is 0.353 e. The fourth-order valence-corrected chi connectivity index (χ4v) is 4.44. The molecule has 0 fully saturated rings. The second-order valence-electron chi connectivity index (χ2n) is 9.43. The SMILES string of the molecule is CCC(CC)CCC(=O)Cn1cccc(CC(=O)[C@H](CCC(=O)C(=O)NC)NC(=S)Nc2ccccc2)c1=O. The summed E-state index contributed by atoms with van der Waals surface area (Å²) in [6.45, 7) is 4.16. The molecular formula is C29H38N4O5S. The van der Waals surface area contributed by atoms with E-state index in [1.165, 1.54) is 11.6 Å². The number of thiocarbonyl (C=S) groups is 1. The third-order valence-corrected chi connectivity index (χ3v) is 6.88. The Balaban J connectivity index is 2.13. The van der Waals surface area contributed by atoms with E-state index in [1.807, 2.05) is 18.2 Å². The fourth-order valence-electron chi connectivity index (χ4n) is 4.18. The van der Waals surface area contributed by atoms with Crippen LogP contribution in [-0.4, -0.2) is 46.0 Å². The highest BCUT2D eigenvalue weighted by Gasteiger charge is 2.24. The van der Waals surface area contributed by atoms with E-state index in [4.69, 9.17) is 12.2 Å². The highest BCUT2D eigenvalue weighted by molar-refractivity contribution is 7.80. The van der Waals surface area contributed by atoms with E-state index < -0.39 is 23.3 Å². The molecule has 1 amide bonds. The van der Waals surface area contributed by atoms with Crippen LogP contribution in [0.15, 0.2) is 53.5 Å². The van der Waals surface area contributed by atoms with E-state index in [0.717, 1.165) is 19.3 Å². The van der Waals surface area contributed by atoms with Gasteiger partial charge >= 0.3 is 0 Å². The summed E-state index contributed by atoms with van der Waals surface area (Å²) in [4.78, 5) is 62.6. The molecule has 9 nitrogen and oxygen atoms in total. The Bertz CT molecular complexity index is 1210. The number of carbonyl (C=O) groups is 4. The lowest BCUT2D eigenvalue weighted by Gasteiger charge is -2.20. The Kier molecular flexibility index (Phi) is 13.2. The topological polar surface area (TPSA) is 126 Å². The molecule has 10 heteroatoms. The van der Waals surface area contributed by atoms with Crippen LogP contribution in [0, 0.1) is 5.92 Å². The molecule has 0 aliphatic carbocycles. The zero-order chi connectivity index (χ0) is 28.8. The fraction of sp³-hybridized carbons (Fsp3) is 0.448. The highest BCUT2D eigenvalue weighted by Crippen LogP contribution is 2.15. The lowest BCUT2D eigenvalue weighted by molar-refractivity contribution is -0.137. The minimum Gasteiger partial charge on any atom is -0.353 e. The molecule has 210 valence electrons. The molecule has 1 heterocycles. The van der Waals surface area contributed by atoms with E-state index in [-0.39, 0.29) is 48.0 Å². The maximum atomic E-state index is 13.3. The van der Waals surface area contributed by atoms with Gasteiger partial charge in [0.15, 0.2) is 16.7 Å². The first-order valence-electron chi connectivity index (χ1n) is 13.3. The second-order valence-corrected chi connectivity index (χ2v) is 9.84. The van der Waals surface area contributed by atoms with Crippen LogP contribution in [-0.2, 0) is 32.1 Å². The van der Waals surface area contributed by atoms with Crippen LogP contribution in [0.1, 0.15) is 57.9 Å². The Morgan fingerprint density at radius 1 is 0.949 bits per heavy atom. The number of rotatable bonds is 16. The third kappa shape index (κ3) is 10.6. The van der Waals surface area contributed by atoms with Crippen LogP contribution in [0.25, 0.3) is 0 Å². The van der Waals surface area contributed by atoms with Gasteiger partial charge in [-0.15, -0.1) is 0 Å². The lowest BCUT2D eigenvalue weighted by atomic mass is 9.96. The molecule has 39 heavy (non-hydrogen) atoms. The summed E-state index contributed by atoms with van der Waals surface area (Å²) in [5.41, 5.74) is 0.538. The summed E-state index contributed by atoms with van der Waals surface area (Å²) < 4.78 is 1.33. The summed E-state index contributed by atoms with van der Waals surface area (Å²) in [6.07, 6.45) is 4.36. The van der Waals surface area contributed by atoms with Gasteiger partial charge in [-0.3, -0.25) is 24.0 Å². The molecule has 0 unspecified atom stereocenters. The number of anilines is 1. The Morgan fingerprint density at radius 2 is 1.64 bits per heavy atom. The minimum absolute atomic E-state index is 0.0111. The van der Waals surface area contributed by atoms with E-state index in [2.05, 4.69) is 29.8 Å². The molecular weight excluding hydrogens is 516 g/mol. The van der Waals surface area contributed by atoms with Crippen molar-refractivity contribution in [1.29, 1.82) is 0 Å². The number of Topliss-reactive ketones (excluding diaryl/α,β-unsaturated/α-hetero) is 3. The molecule has 0 saturated heterocycles. The van der Waals surface area contributed by atoms with E-state index >= 15 is 0 Å². The van der Waals surface area contributed by atoms with Gasteiger partial charge in [0.2, 0.25) is 5.78 Å². The van der Waals surface area contributed by atoms with Crippen molar-refractivity contribution in [3.8, 4) is 0 Å². The molecule has 0 radical (unpaired) electrons. The average molecular weight is 555 g/mol. The molecule has 0 spiro atoms. The van der Waals surface area contributed by atoms with Gasteiger partial charge in [-0.2, -0.15) is 0 Å². The molecule has 0 aliphatic heterocycles. The summed E-state index contributed by atoms with van der Waals surface area (Å²) in [5.74, 6) is -1.32. The van der Waals surface area contributed by atoms with Crippen LogP contribution in [0.2, 0.25) is 0 Å². The number of aromatic nitrogens is 1. The predicted octanol–water partition coefficient (Wildman–Crippen LogP) is 3.20. The number of carbonyl (C=O) groups excluding carboxylic acids is 4. The van der Waals surface area contributed by atoms with Crippen molar-refractivity contribution >= 4 is 46.3 Å². The molecule has 0 aliphatic rings. The molecule has 1 aromatic carbocycles. The van der Waals surface area contributed by atoms with Gasteiger partial charge < -0.3 is 20.5 Å². The normalized spacial score (nSPS) is 11.5. The van der Waals surface area contributed by atoms with Gasteiger partial charge in [0, 0.05) is 43.8 Å². The number of amides is 1. The number of hydrogen-bond donors (Lipinski definition) is 3. The number of para-hydroxylation sites is 1. The standard InChI is InChI=1S/C29H38N4O5S/c1-4-20(5-2)13-14-23(34)19-33-17-9-10-21(28(33)38)18-26(36)24(15-16-25(35)27(37)30-3)32-29(39)31-22-11-7-6-8-12-22/h6-12,17,20,24H,4-5,13-16,18-19H2,1-3H3,(H,30,37)(H2,31,32,39)/t24-/m0/s1. The predicted molar refractivity (Wildman–Crippen MR) is 156 cm³/mol. The molecule has 1 atom stereocenters. The van der Waals surface area contributed by atoms with E-state index in [9.17, 15) is 24.0 Å². The monoisotopic (exact) mass is 554 g/mol. The number of pyridine rings is 1. The number of benzene rings is 1. The second kappa shape index (κ2) is 16.3. The van der Waals surface area contributed by atoms with Gasteiger partial charge in [-0.1, -0.05) is 51.0 Å². The molecule has 0 saturated carbocycles.